The third-order valence-corrected chi connectivity index (χ3v) is 4.47. The van der Waals surface area contributed by atoms with Gasteiger partial charge in [0.15, 0.2) is 0 Å². The van der Waals surface area contributed by atoms with Crippen LogP contribution in [0.1, 0.15) is 15.4 Å². The highest BCUT2D eigenvalue weighted by Gasteiger charge is 2.16. The number of halogens is 2. The van der Waals surface area contributed by atoms with Gasteiger partial charge < -0.3 is 10.4 Å². The van der Waals surface area contributed by atoms with Gasteiger partial charge in [-0.3, -0.25) is 4.79 Å². The molecule has 1 aromatic heterocycles. The normalized spacial score (nSPS) is 10.6. The van der Waals surface area contributed by atoms with Crippen LogP contribution >= 0.6 is 22.9 Å². The predicted molar refractivity (Wildman–Crippen MR) is 91.8 cm³/mol. The molecule has 0 saturated heterocycles. The van der Waals surface area contributed by atoms with Gasteiger partial charge in [0.25, 0.3) is 5.91 Å². The van der Waals surface area contributed by atoms with Crippen LogP contribution in [0, 0.1) is 5.82 Å². The van der Waals surface area contributed by atoms with Gasteiger partial charge in [-0.15, -0.1) is 11.3 Å². The molecule has 0 fully saturated rings. The van der Waals surface area contributed by atoms with Crippen molar-refractivity contribution in [2.24, 2.45) is 0 Å². The summed E-state index contributed by atoms with van der Waals surface area (Å²) in [6, 6.07) is 10.8. The summed E-state index contributed by atoms with van der Waals surface area (Å²) in [7, 11) is 0. The number of aromatic hydroxyl groups is 1. The molecule has 0 bridgehead atoms. The Balaban J connectivity index is 1.69. The fourth-order valence-electron chi connectivity index (χ4n) is 2.12. The smallest absolute Gasteiger partial charge is 0.256 e. The van der Waals surface area contributed by atoms with Crippen molar-refractivity contribution in [3.63, 3.8) is 0 Å². The lowest BCUT2D eigenvalue weighted by Crippen LogP contribution is -2.24. The van der Waals surface area contributed by atoms with Crippen molar-refractivity contribution in [2.75, 3.05) is 0 Å². The maximum atomic E-state index is 13.7. The van der Waals surface area contributed by atoms with Crippen LogP contribution in [0.3, 0.4) is 0 Å². The number of nitrogens with one attached hydrogen (secondary N) is 1. The Labute approximate surface area is 146 Å². The molecule has 0 aliphatic rings. The van der Waals surface area contributed by atoms with Crippen LogP contribution in [0.15, 0.2) is 47.8 Å². The molecule has 7 heteroatoms. The van der Waals surface area contributed by atoms with E-state index in [2.05, 4.69) is 10.3 Å². The second-order valence-electron chi connectivity index (χ2n) is 4.95. The quantitative estimate of drug-likeness (QED) is 0.729. The summed E-state index contributed by atoms with van der Waals surface area (Å²) in [6.07, 6.45) is 0. The van der Waals surface area contributed by atoms with E-state index in [4.69, 9.17) is 11.6 Å². The van der Waals surface area contributed by atoms with Crippen molar-refractivity contribution in [1.29, 1.82) is 0 Å². The van der Waals surface area contributed by atoms with E-state index in [0.717, 1.165) is 11.3 Å². The third-order valence-electron chi connectivity index (χ3n) is 3.30. The standard InChI is InChI=1S/C17H12ClFN2O2S/c18-12-2-1-3-13(19)16(12)17(23)20-8-15-21-14(9-24-15)10-4-6-11(22)7-5-10/h1-7,9,22H,8H2,(H,20,23). The van der Waals surface area contributed by atoms with Gasteiger partial charge in [0.1, 0.15) is 16.6 Å². The number of hydrogen-bond donors (Lipinski definition) is 2. The van der Waals surface area contributed by atoms with Crippen molar-refractivity contribution < 1.29 is 14.3 Å². The zero-order valence-electron chi connectivity index (χ0n) is 12.3. The lowest BCUT2D eigenvalue weighted by molar-refractivity contribution is 0.0947. The van der Waals surface area contributed by atoms with Crippen LogP contribution in [-0.4, -0.2) is 16.0 Å². The zero-order valence-corrected chi connectivity index (χ0v) is 13.9. The average Bonchev–Trinajstić information content (AvgIpc) is 3.02. The predicted octanol–water partition coefficient (Wildman–Crippen LogP) is 4.24. The maximum absolute atomic E-state index is 13.7. The van der Waals surface area contributed by atoms with Gasteiger partial charge in [0.2, 0.25) is 0 Å². The lowest BCUT2D eigenvalue weighted by Gasteiger charge is -2.06. The number of phenols is 1. The van der Waals surface area contributed by atoms with Crippen molar-refractivity contribution in [2.45, 2.75) is 6.54 Å². The Morgan fingerprint density at radius 1 is 1.25 bits per heavy atom. The molecule has 0 unspecified atom stereocenters. The molecule has 3 rings (SSSR count). The van der Waals surface area contributed by atoms with E-state index in [-0.39, 0.29) is 22.9 Å². The molecule has 0 spiro atoms. The lowest BCUT2D eigenvalue weighted by atomic mass is 10.2. The second kappa shape index (κ2) is 6.98. The van der Waals surface area contributed by atoms with Crippen molar-refractivity contribution >= 4 is 28.8 Å². The number of carbonyl (C=O) groups is 1. The summed E-state index contributed by atoms with van der Waals surface area (Å²) >= 11 is 7.25. The van der Waals surface area contributed by atoms with Crippen LogP contribution in [0.4, 0.5) is 4.39 Å². The van der Waals surface area contributed by atoms with Gasteiger partial charge in [-0.2, -0.15) is 0 Å². The number of thiazole rings is 1. The number of hydrogen-bond acceptors (Lipinski definition) is 4. The number of benzene rings is 2. The minimum Gasteiger partial charge on any atom is -0.508 e. The van der Waals surface area contributed by atoms with E-state index in [1.807, 2.05) is 5.38 Å². The summed E-state index contributed by atoms with van der Waals surface area (Å²) in [5.74, 6) is -1.06. The first kappa shape index (κ1) is 16.4. The Morgan fingerprint density at radius 3 is 2.71 bits per heavy atom. The molecule has 0 atom stereocenters. The molecule has 0 saturated carbocycles. The molecular formula is C17H12ClFN2O2S. The van der Waals surface area contributed by atoms with Gasteiger partial charge in [-0.1, -0.05) is 17.7 Å². The minimum atomic E-state index is -0.663. The van der Waals surface area contributed by atoms with Crippen molar-refractivity contribution in [3.05, 3.63) is 69.3 Å². The van der Waals surface area contributed by atoms with Crippen molar-refractivity contribution in [3.8, 4) is 17.0 Å². The molecule has 1 heterocycles. The van der Waals surface area contributed by atoms with E-state index in [1.165, 1.54) is 29.5 Å². The molecule has 0 aliphatic heterocycles. The van der Waals surface area contributed by atoms with E-state index in [0.29, 0.717) is 5.01 Å². The van der Waals surface area contributed by atoms with Crippen LogP contribution in [0.5, 0.6) is 5.75 Å². The summed E-state index contributed by atoms with van der Waals surface area (Å²) in [6.45, 7) is 0.173. The van der Waals surface area contributed by atoms with E-state index in [1.54, 1.807) is 24.3 Å². The van der Waals surface area contributed by atoms with E-state index >= 15 is 0 Å². The summed E-state index contributed by atoms with van der Waals surface area (Å²) in [5, 5.41) is 14.5. The van der Waals surface area contributed by atoms with Gasteiger partial charge in [0.05, 0.1) is 22.8 Å². The molecule has 0 aliphatic carbocycles. The average molecular weight is 363 g/mol. The molecule has 2 aromatic carbocycles. The highest BCUT2D eigenvalue weighted by molar-refractivity contribution is 7.09. The Hall–Kier alpha value is -2.44. The van der Waals surface area contributed by atoms with Crippen LogP contribution in [0.2, 0.25) is 5.02 Å². The Kier molecular flexibility index (Phi) is 4.78. The monoisotopic (exact) mass is 362 g/mol. The summed E-state index contributed by atoms with van der Waals surface area (Å²) in [4.78, 5) is 16.5. The molecule has 2 N–H and O–H groups in total. The Bertz CT molecular complexity index is 860. The molecular weight excluding hydrogens is 351 g/mol. The first-order valence-electron chi connectivity index (χ1n) is 7.00. The highest BCUT2D eigenvalue weighted by Crippen LogP contribution is 2.24. The number of amides is 1. The van der Waals surface area contributed by atoms with Crippen LogP contribution in [0.25, 0.3) is 11.3 Å². The van der Waals surface area contributed by atoms with Gasteiger partial charge in [0, 0.05) is 10.9 Å². The maximum Gasteiger partial charge on any atom is 0.256 e. The fraction of sp³-hybridized carbons (Fsp3) is 0.0588. The van der Waals surface area contributed by atoms with E-state index in [9.17, 15) is 14.3 Å². The molecule has 4 nitrogen and oxygen atoms in total. The Morgan fingerprint density at radius 2 is 2.00 bits per heavy atom. The van der Waals surface area contributed by atoms with Gasteiger partial charge in [-0.05, 0) is 36.4 Å². The molecule has 1 amide bonds. The number of aromatic nitrogens is 1. The molecule has 24 heavy (non-hydrogen) atoms. The van der Waals surface area contributed by atoms with Crippen molar-refractivity contribution in [1.82, 2.24) is 10.3 Å². The zero-order chi connectivity index (χ0) is 17.1. The van der Waals surface area contributed by atoms with Gasteiger partial charge in [-0.25, -0.2) is 9.37 Å². The third kappa shape index (κ3) is 3.55. The second-order valence-corrected chi connectivity index (χ2v) is 6.30. The summed E-state index contributed by atoms with van der Waals surface area (Å²) in [5.41, 5.74) is 1.43. The topological polar surface area (TPSA) is 62.2 Å². The molecule has 3 aromatic rings. The largest absolute Gasteiger partial charge is 0.508 e. The first-order valence-corrected chi connectivity index (χ1v) is 8.26. The molecule has 0 radical (unpaired) electrons. The first-order chi connectivity index (χ1) is 11.5. The van der Waals surface area contributed by atoms with Crippen LogP contribution < -0.4 is 5.32 Å². The SMILES string of the molecule is O=C(NCc1nc(-c2ccc(O)cc2)cs1)c1c(F)cccc1Cl. The number of phenolic OH excluding ortho intramolecular Hbond substituents is 1. The minimum absolute atomic E-state index is 0.0661. The number of nitrogens with zero attached hydrogens (tertiary/aromatic N) is 1. The summed E-state index contributed by atoms with van der Waals surface area (Å²) < 4.78 is 13.7. The fourth-order valence-corrected chi connectivity index (χ4v) is 3.11. The highest BCUT2D eigenvalue weighted by atomic mass is 35.5. The van der Waals surface area contributed by atoms with E-state index < -0.39 is 11.7 Å². The number of rotatable bonds is 4. The molecule has 122 valence electrons. The van der Waals surface area contributed by atoms with Gasteiger partial charge >= 0.3 is 0 Å². The number of carbonyl (C=O) groups excluding carboxylic acids is 1. The van der Waals surface area contributed by atoms with Crippen LogP contribution in [-0.2, 0) is 6.54 Å².